The van der Waals surface area contributed by atoms with Crippen molar-refractivity contribution in [2.24, 2.45) is 0 Å². The second-order valence-corrected chi connectivity index (χ2v) is 6.34. The minimum absolute atomic E-state index is 0.0230. The molecule has 92 valence electrons. The van der Waals surface area contributed by atoms with Gasteiger partial charge in [-0.3, -0.25) is 0 Å². The van der Waals surface area contributed by atoms with E-state index < -0.39 is 0 Å². The van der Waals surface area contributed by atoms with Crippen molar-refractivity contribution in [2.75, 3.05) is 7.11 Å². The van der Waals surface area contributed by atoms with Crippen molar-refractivity contribution in [3.63, 3.8) is 0 Å². The predicted octanol–water partition coefficient (Wildman–Crippen LogP) is 2.33. The molecule has 3 heteroatoms. The van der Waals surface area contributed by atoms with Gasteiger partial charge in [-0.2, -0.15) is 0 Å². The third kappa shape index (κ3) is 5.20. The molecule has 17 heavy (non-hydrogen) atoms. The van der Waals surface area contributed by atoms with E-state index in [1.165, 1.54) is 11.6 Å². The van der Waals surface area contributed by atoms with Crippen LogP contribution in [0.2, 0.25) is 4.82 Å². The molecule has 1 atom stereocenters. The van der Waals surface area contributed by atoms with Gasteiger partial charge in [0.25, 0.3) is 0 Å². The van der Waals surface area contributed by atoms with Crippen molar-refractivity contribution in [2.45, 2.75) is 24.1 Å². The Hall–Kier alpha value is -1.05. The zero-order valence-corrected chi connectivity index (χ0v) is 11.8. The molecule has 1 aromatic carbocycles. The summed E-state index contributed by atoms with van der Waals surface area (Å²) in [6.07, 6.45) is 4.73. The average molecular weight is 297 g/mol. The van der Waals surface area contributed by atoms with Crippen molar-refractivity contribution in [1.82, 2.24) is 0 Å². The second kappa shape index (κ2) is 8.10. The van der Waals surface area contributed by atoms with E-state index in [2.05, 4.69) is 18.7 Å². The Morgan fingerprint density at radius 2 is 2.18 bits per heavy atom. The molecule has 1 aromatic rings. The van der Waals surface area contributed by atoms with Crippen LogP contribution in [0.5, 0.6) is 0 Å². The second-order valence-electron chi connectivity index (χ2n) is 3.66. The van der Waals surface area contributed by atoms with Gasteiger partial charge in [0.05, 0.1) is 0 Å². The molecule has 0 amide bonds. The number of allylic oxidation sites excluding steroid dienone is 1. The normalized spacial score (nSPS) is 11.8. The summed E-state index contributed by atoms with van der Waals surface area (Å²) in [6, 6.07) is 10.2. The van der Waals surface area contributed by atoms with Crippen molar-refractivity contribution in [3.8, 4) is 0 Å². The van der Waals surface area contributed by atoms with Gasteiger partial charge in [0.2, 0.25) is 0 Å². The van der Waals surface area contributed by atoms with E-state index in [0.717, 1.165) is 19.3 Å². The number of hydrogen-bond acceptors (Lipinski definition) is 2. The number of carbonyl (C=O) groups excluding carboxylic acids is 1. The molecule has 0 N–H and O–H groups in total. The molecule has 1 unspecified atom stereocenters. The quantitative estimate of drug-likeness (QED) is 0.334. The Bertz CT molecular complexity index is 348. The molecule has 0 aliphatic rings. The number of methoxy groups -OCH3 is 1. The fraction of sp³-hybridized carbons (Fsp3) is 0.357. The Morgan fingerprint density at radius 3 is 2.76 bits per heavy atom. The van der Waals surface area contributed by atoms with E-state index >= 15 is 0 Å². The number of rotatable bonds is 7. The number of hydrogen-bond donors (Lipinski definition) is 0. The van der Waals surface area contributed by atoms with Crippen LogP contribution in [0, 0.1) is 0 Å². The topological polar surface area (TPSA) is 26.3 Å². The summed E-state index contributed by atoms with van der Waals surface area (Å²) in [4.78, 5) is 11.7. The Kier molecular flexibility index (Phi) is 6.68. The van der Waals surface area contributed by atoms with Crippen LogP contribution in [0.3, 0.4) is 0 Å². The molecule has 0 saturated heterocycles. The van der Waals surface area contributed by atoms with Crippen LogP contribution in [0.15, 0.2) is 43.0 Å². The maximum atomic E-state index is 11.7. The predicted molar refractivity (Wildman–Crippen MR) is 71.6 cm³/mol. The number of benzene rings is 1. The van der Waals surface area contributed by atoms with Gasteiger partial charge in [0.15, 0.2) is 0 Å². The summed E-state index contributed by atoms with van der Waals surface area (Å²) < 4.78 is 6.11. The van der Waals surface area contributed by atoms with Crippen LogP contribution in [0.1, 0.15) is 19.3 Å². The molecule has 0 aliphatic heterocycles. The van der Waals surface area contributed by atoms with Crippen molar-refractivity contribution in [3.05, 3.63) is 43.0 Å². The molecule has 0 aromatic heterocycles. The van der Waals surface area contributed by atoms with Crippen LogP contribution in [0.25, 0.3) is 0 Å². The first-order valence-electron chi connectivity index (χ1n) is 5.68. The van der Waals surface area contributed by atoms with E-state index in [0.29, 0.717) is 0 Å². The van der Waals surface area contributed by atoms with Gasteiger partial charge in [-0.05, 0) is 0 Å². The summed E-state index contributed by atoms with van der Waals surface area (Å²) in [5.74, 6) is -0.0853. The molecular formula is C14H18O2Se. The SMILES string of the molecule is C=CCCCC([Se]c1ccccc1)C(=O)OC. The maximum absolute atomic E-state index is 11.7. The molecule has 0 heterocycles. The van der Waals surface area contributed by atoms with Crippen LogP contribution < -0.4 is 4.46 Å². The Balaban J connectivity index is 2.57. The van der Waals surface area contributed by atoms with E-state index in [9.17, 15) is 4.79 Å². The summed E-state index contributed by atoms with van der Waals surface area (Å²) >= 11 is 0.148. The molecule has 1 rings (SSSR count). The first-order chi connectivity index (χ1) is 8.27. The molecule has 0 aliphatic carbocycles. The van der Waals surface area contributed by atoms with Gasteiger partial charge in [-0.1, -0.05) is 0 Å². The monoisotopic (exact) mass is 298 g/mol. The molecule has 0 saturated carbocycles. The third-order valence-corrected chi connectivity index (χ3v) is 5.00. The first-order valence-corrected chi connectivity index (χ1v) is 7.53. The summed E-state index contributed by atoms with van der Waals surface area (Å²) in [7, 11) is 1.46. The van der Waals surface area contributed by atoms with Gasteiger partial charge in [0, 0.05) is 0 Å². The fourth-order valence-electron chi connectivity index (χ4n) is 1.47. The molecule has 0 radical (unpaired) electrons. The van der Waals surface area contributed by atoms with Crippen molar-refractivity contribution < 1.29 is 9.53 Å². The zero-order chi connectivity index (χ0) is 12.5. The van der Waals surface area contributed by atoms with Crippen LogP contribution in [-0.4, -0.2) is 28.0 Å². The van der Waals surface area contributed by atoms with Gasteiger partial charge in [-0.15, -0.1) is 0 Å². The molecule has 0 bridgehead atoms. The summed E-state index contributed by atoms with van der Waals surface area (Å²) in [5, 5.41) is 0. The van der Waals surface area contributed by atoms with E-state index in [-0.39, 0.29) is 25.7 Å². The van der Waals surface area contributed by atoms with Gasteiger partial charge < -0.3 is 0 Å². The zero-order valence-electron chi connectivity index (χ0n) is 10.1. The van der Waals surface area contributed by atoms with Gasteiger partial charge >= 0.3 is 109 Å². The average Bonchev–Trinajstić information content (AvgIpc) is 2.38. The molecule has 2 nitrogen and oxygen atoms in total. The van der Waals surface area contributed by atoms with E-state index in [4.69, 9.17) is 4.74 Å². The first kappa shape index (κ1) is 14.0. The van der Waals surface area contributed by atoms with Crippen molar-refractivity contribution in [1.29, 1.82) is 0 Å². The molecular weight excluding hydrogens is 279 g/mol. The van der Waals surface area contributed by atoms with Crippen molar-refractivity contribution >= 4 is 25.4 Å². The van der Waals surface area contributed by atoms with Crippen LogP contribution in [0.4, 0.5) is 0 Å². The van der Waals surface area contributed by atoms with Gasteiger partial charge in [-0.25, -0.2) is 0 Å². The van der Waals surface area contributed by atoms with Crippen LogP contribution >= 0.6 is 0 Å². The Labute approximate surface area is 109 Å². The number of carbonyl (C=O) groups is 1. The van der Waals surface area contributed by atoms with E-state index in [1.807, 2.05) is 24.3 Å². The van der Waals surface area contributed by atoms with Gasteiger partial charge in [0.1, 0.15) is 0 Å². The summed E-state index contributed by atoms with van der Waals surface area (Å²) in [6.45, 7) is 3.70. The van der Waals surface area contributed by atoms with E-state index in [1.54, 1.807) is 0 Å². The van der Waals surface area contributed by atoms with Crippen LogP contribution in [-0.2, 0) is 9.53 Å². The fourth-order valence-corrected chi connectivity index (χ4v) is 3.82. The molecule has 0 spiro atoms. The number of unbranched alkanes of at least 4 members (excludes halogenated alkanes) is 1. The summed E-state index contributed by atoms with van der Waals surface area (Å²) in [5.41, 5.74) is 0. The standard InChI is InChI=1S/C14H18O2Se/c1-3-4-6-11-13(14(15)16-2)17-12-9-7-5-8-10-12/h3,5,7-10,13H,1,4,6,11H2,2H3. The number of esters is 1. The minimum atomic E-state index is -0.0853. The molecule has 0 fully saturated rings. The Morgan fingerprint density at radius 1 is 1.47 bits per heavy atom. The number of ether oxygens (including phenoxy) is 1. The third-order valence-electron chi connectivity index (χ3n) is 2.36.